The summed E-state index contributed by atoms with van der Waals surface area (Å²) in [4.78, 5) is 14.0. The molecule has 3 heterocycles. The molecule has 0 N–H and O–H groups in total. The highest BCUT2D eigenvalue weighted by molar-refractivity contribution is 5.44. The Balaban J connectivity index is 1.69. The first-order valence-electron chi connectivity index (χ1n) is 9.97. The second-order valence-corrected chi connectivity index (χ2v) is 7.76. The molecule has 2 aliphatic heterocycles. The second-order valence-electron chi connectivity index (χ2n) is 7.76. The summed E-state index contributed by atoms with van der Waals surface area (Å²) in [6.45, 7) is 9.93. The quantitative estimate of drug-likeness (QED) is 0.786. The van der Waals surface area contributed by atoms with Crippen LogP contribution in [0.2, 0.25) is 0 Å². The molecule has 1 aromatic carbocycles. The fraction of sp³-hybridized carbons (Fsp3) is 0.524. The van der Waals surface area contributed by atoms with Gasteiger partial charge in [0.15, 0.2) is 11.6 Å². The molecular weight excluding hydrogens is 359 g/mol. The number of hydrogen-bond acceptors (Lipinski definition) is 6. The fourth-order valence-corrected chi connectivity index (χ4v) is 3.72. The van der Waals surface area contributed by atoms with E-state index in [-0.39, 0.29) is 5.75 Å². The SMILES string of the molecule is CC(C)CN1CCc2nc(N3CCOCC3)nc(Oc3ccccc3F)c2C1. The van der Waals surface area contributed by atoms with Crippen molar-refractivity contribution >= 4 is 5.95 Å². The van der Waals surface area contributed by atoms with Crippen molar-refractivity contribution < 1.29 is 13.9 Å². The van der Waals surface area contributed by atoms with Gasteiger partial charge in [-0.25, -0.2) is 9.37 Å². The minimum Gasteiger partial charge on any atom is -0.435 e. The smallest absolute Gasteiger partial charge is 0.229 e. The number of rotatable bonds is 5. The van der Waals surface area contributed by atoms with E-state index in [0.29, 0.717) is 31.0 Å². The summed E-state index contributed by atoms with van der Waals surface area (Å²) in [5.41, 5.74) is 1.97. The van der Waals surface area contributed by atoms with Gasteiger partial charge in [0.05, 0.1) is 24.5 Å². The highest BCUT2D eigenvalue weighted by Gasteiger charge is 2.26. The van der Waals surface area contributed by atoms with Gasteiger partial charge in [0.25, 0.3) is 0 Å². The van der Waals surface area contributed by atoms with Crippen LogP contribution in [0.5, 0.6) is 11.6 Å². The molecule has 0 radical (unpaired) electrons. The van der Waals surface area contributed by atoms with Crippen molar-refractivity contribution in [3.8, 4) is 11.6 Å². The molecule has 1 saturated heterocycles. The number of benzene rings is 1. The van der Waals surface area contributed by atoms with Crippen LogP contribution in [0.1, 0.15) is 25.1 Å². The van der Waals surface area contributed by atoms with E-state index in [1.165, 1.54) is 6.07 Å². The first-order valence-corrected chi connectivity index (χ1v) is 9.97. The molecule has 0 aliphatic carbocycles. The predicted octanol–water partition coefficient (Wildman–Crippen LogP) is 3.26. The maximum Gasteiger partial charge on any atom is 0.229 e. The van der Waals surface area contributed by atoms with Crippen molar-refractivity contribution in [1.82, 2.24) is 14.9 Å². The Morgan fingerprint density at radius 2 is 1.93 bits per heavy atom. The molecule has 7 heteroatoms. The lowest BCUT2D eigenvalue weighted by atomic mass is 10.0. The van der Waals surface area contributed by atoms with Crippen molar-refractivity contribution in [2.24, 2.45) is 5.92 Å². The molecule has 1 fully saturated rings. The van der Waals surface area contributed by atoms with E-state index in [4.69, 9.17) is 19.4 Å². The summed E-state index contributed by atoms with van der Waals surface area (Å²) in [6, 6.07) is 6.45. The summed E-state index contributed by atoms with van der Waals surface area (Å²) in [5, 5.41) is 0. The molecule has 6 nitrogen and oxygen atoms in total. The monoisotopic (exact) mass is 386 g/mol. The van der Waals surface area contributed by atoms with Crippen LogP contribution in [0.25, 0.3) is 0 Å². The van der Waals surface area contributed by atoms with Crippen molar-refractivity contribution in [2.45, 2.75) is 26.8 Å². The lowest BCUT2D eigenvalue weighted by molar-refractivity contribution is 0.122. The molecule has 28 heavy (non-hydrogen) atoms. The average Bonchev–Trinajstić information content (AvgIpc) is 2.70. The highest BCUT2D eigenvalue weighted by atomic mass is 19.1. The standard InChI is InChI=1S/C21H27FN4O2/c1-15(2)13-25-8-7-18-16(14-25)20(28-19-6-4-3-5-17(19)22)24-21(23-18)26-9-11-27-12-10-26/h3-6,15H,7-14H2,1-2H3. The molecule has 0 amide bonds. The van der Waals surface area contributed by atoms with Gasteiger partial charge in [-0.05, 0) is 18.1 Å². The molecule has 0 atom stereocenters. The van der Waals surface area contributed by atoms with Gasteiger partial charge in [0.2, 0.25) is 11.8 Å². The maximum absolute atomic E-state index is 14.2. The summed E-state index contributed by atoms with van der Waals surface area (Å²) in [7, 11) is 0. The Hall–Kier alpha value is -2.25. The molecule has 0 unspecified atom stereocenters. The van der Waals surface area contributed by atoms with Crippen LogP contribution in [0.4, 0.5) is 10.3 Å². The molecule has 150 valence electrons. The molecule has 2 aromatic rings. The number of hydrogen-bond donors (Lipinski definition) is 0. The van der Waals surface area contributed by atoms with Crippen LogP contribution in [0.3, 0.4) is 0 Å². The van der Waals surface area contributed by atoms with Crippen LogP contribution in [-0.4, -0.2) is 54.3 Å². The van der Waals surface area contributed by atoms with E-state index >= 15 is 0 Å². The van der Waals surface area contributed by atoms with Crippen LogP contribution in [0.15, 0.2) is 24.3 Å². The van der Waals surface area contributed by atoms with Crippen molar-refractivity contribution in [3.05, 3.63) is 41.3 Å². The lowest BCUT2D eigenvalue weighted by Crippen LogP contribution is -2.39. The van der Waals surface area contributed by atoms with Crippen LogP contribution >= 0.6 is 0 Å². The van der Waals surface area contributed by atoms with E-state index < -0.39 is 5.82 Å². The Bertz CT molecular complexity index is 824. The minimum atomic E-state index is -0.391. The third-order valence-corrected chi connectivity index (χ3v) is 5.05. The first kappa shape index (κ1) is 19.1. The summed E-state index contributed by atoms with van der Waals surface area (Å²) >= 11 is 0. The molecular formula is C21H27FN4O2. The molecule has 0 saturated carbocycles. The van der Waals surface area contributed by atoms with Crippen molar-refractivity contribution in [2.75, 3.05) is 44.3 Å². The first-order chi connectivity index (χ1) is 13.6. The van der Waals surface area contributed by atoms with Gasteiger partial charge in [0.1, 0.15) is 0 Å². The number of fused-ring (bicyclic) bond motifs is 1. The number of nitrogens with zero attached hydrogens (tertiary/aromatic N) is 4. The number of ether oxygens (including phenoxy) is 2. The van der Waals surface area contributed by atoms with E-state index in [0.717, 1.165) is 50.4 Å². The average molecular weight is 386 g/mol. The zero-order valence-corrected chi connectivity index (χ0v) is 16.5. The van der Waals surface area contributed by atoms with Crippen LogP contribution < -0.4 is 9.64 Å². The van der Waals surface area contributed by atoms with Gasteiger partial charge >= 0.3 is 0 Å². The predicted molar refractivity (Wildman–Crippen MR) is 105 cm³/mol. The number of morpholine rings is 1. The van der Waals surface area contributed by atoms with E-state index in [1.807, 2.05) is 0 Å². The molecule has 0 bridgehead atoms. The summed E-state index contributed by atoms with van der Waals surface area (Å²) in [6.07, 6.45) is 0.843. The Morgan fingerprint density at radius 3 is 2.68 bits per heavy atom. The maximum atomic E-state index is 14.2. The Morgan fingerprint density at radius 1 is 1.14 bits per heavy atom. The zero-order valence-electron chi connectivity index (χ0n) is 16.5. The third-order valence-electron chi connectivity index (χ3n) is 5.05. The number of anilines is 1. The normalized spacial score (nSPS) is 17.6. The minimum absolute atomic E-state index is 0.192. The molecule has 2 aliphatic rings. The third kappa shape index (κ3) is 4.25. The van der Waals surface area contributed by atoms with Gasteiger partial charge in [-0.3, -0.25) is 4.90 Å². The summed E-state index contributed by atoms with van der Waals surface area (Å²) < 4.78 is 25.6. The molecule has 0 spiro atoms. The van der Waals surface area contributed by atoms with E-state index in [2.05, 4.69) is 23.6 Å². The Labute approximate surface area is 165 Å². The molecule has 4 rings (SSSR count). The van der Waals surface area contributed by atoms with Crippen LogP contribution in [-0.2, 0) is 17.7 Å². The van der Waals surface area contributed by atoms with Gasteiger partial charge in [-0.15, -0.1) is 0 Å². The topological polar surface area (TPSA) is 50.7 Å². The van der Waals surface area contributed by atoms with Gasteiger partial charge in [-0.2, -0.15) is 4.98 Å². The highest BCUT2D eigenvalue weighted by Crippen LogP contribution is 2.32. The number of halogens is 1. The van der Waals surface area contributed by atoms with Gasteiger partial charge in [0, 0.05) is 39.1 Å². The largest absolute Gasteiger partial charge is 0.435 e. The Kier molecular flexibility index (Phi) is 5.73. The van der Waals surface area contributed by atoms with E-state index in [1.54, 1.807) is 18.2 Å². The molecule has 1 aromatic heterocycles. The van der Waals surface area contributed by atoms with Crippen molar-refractivity contribution in [1.29, 1.82) is 0 Å². The summed E-state index contributed by atoms with van der Waals surface area (Å²) in [5.74, 6) is 1.48. The van der Waals surface area contributed by atoms with Crippen LogP contribution in [0, 0.1) is 11.7 Å². The number of aromatic nitrogens is 2. The second kappa shape index (κ2) is 8.41. The lowest BCUT2D eigenvalue weighted by Gasteiger charge is -2.32. The van der Waals surface area contributed by atoms with E-state index in [9.17, 15) is 4.39 Å². The van der Waals surface area contributed by atoms with Gasteiger partial charge in [-0.1, -0.05) is 26.0 Å². The van der Waals surface area contributed by atoms with Gasteiger partial charge < -0.3 is 14.4 Å². The van der Waals surface area contributed by atoms with Crippen molar-refractivity contribution in [3.63, 3.8) is 0 Å². The zero-order chi connectivity index (χ0) is 19.5. The number of para-hydroxylation sites is 1. The fourth-order valence-electron chi connectivity index (χ4n) is 3.72.